The molecule has 2 aromatic heterocycles. The number of hydrogen-bond donors (Lipinski definition) is 0. The maximum atomic E-state index is 13.5. The second-order valence-corrected chi connectivity index (χ2v) is 8.23. The SMILES string of the molecule is COc1ccc(-c2nn(-c3ccccc3)cc2C(=O)c2cn(Cc3ccc(C(F)(F)F)cc3)nn2)cc1. The van der Waals surface area contributed by atoms with Gasteiger partial charge in [-0.25, -0.2) is 9.36 Å². The van der Waals surface area contributed by atoms with E-state index in [1.165, 1.54) is 23.0 Å². The number of ketones is 1. The molecule has 10 heteroatoms. The molecule has 0 aliphatic heterocycles. The second kappa shape index (κ2) is 9.73. The molecule has 0 N–H and O–H groups in total. The van der Waals surface area contributed by atoms with Gasteiger partial charge < -0.3 is 4.74 Å². The Bertz CT molecular complexity index is 1520. The van der Waals surface area contributed by atoms with Gasteiger partial charge in [-0.2, -0.15) is 18.3 Å². The third-order valence-electron chi connectivity index (χ3n) is 5.74. The Labute approximate surface area is 209 Å². The smallest absolute Gasteiger partial charge is 0.416 e. The highest BCUT2D eigenvalue weighted by atomic mass is 19.4. The van der Waals surface area contributed by atoms with Crippen molar-refractivity contribution in [2.45, 2.75) is 12.7 Å². The van der Waals surface area contributed by atoms with Gasteiger partial charge in [-0.1, -0.05) is 35.5 Å². The first-order valence-corrected chi connectivity index (χ1v) is 11.2. The van der Waals surface area contributed by atoms with Crippen molar-refractivity contribution in [3.63, 3.8) is 0 Å². The minimum Gasteiger partial charge on any atom is -0.497 e. The first-order valence-electron chi connectivity index (χ1n) is 11.2. The van der Waals surface area contributed by atoms with Gasteiger partial charge in [0.15, 0.2) is 5.69 Å². The van der Waals surface area contributed by atoms with Crippen LogP contribution >= 0.6 is 0 Å². The predicted octanol–water partition coefficient (Wildman–Crippen LogP) is 5.44. The van der Waals surface area contributed by atoms with Crippen LogP contribution in [0, 0.1) is 0 Å². The van der Waals surface area contributed by atoms with Crippen LogP contribution in [0.5, 0.6) is 5.75 Å². The molecule has 7 nitrogen and oxygen atoms in total. The summed E-state index contributed by atoms with van der Waals surface area (Å²) in [7, 11) is 1.57. The highest BCUT2D eigenvalue weighted by Crippen LogP contribution is 2.30. The van der Waals surface area contributed by atoms with Gasteiger partial charge in [-0.3, -0.25) is 4.79 Å². The van der Waals surface area contributed by atoms with Crippen molar-refractivity contribution >= 4 is 5.78 Å². The lowest BCUT2D eigenvalue weighted by Crippen LogP contribution is -2.06. The van der Waals surface area contributed by atoms with E-state index < -0.39 is 11.7 Å². The molecule has 0 spiro atoms. The number of methoxy groups -OCH3 is 1. The van der Waals surface area contributed by atoms with Gasteiger partial charge >= 0.3 is 6.18 Å². The van der Waals surface area contributed by atoms with E-state index in [2.05, 4.69) is 15.4 Å². The van der Waals surface area contributed by atoms with E-state index in [-0.39, 0.29) is 18.0 Å². The number of carbonyl (C=O) groups is 1. The van der Waals surface area contributed by atoms with Gasteiger partial charge in [0.05, 0.1) is 36.7 Å². The number of carbonyl (C=O) groups excluding carboxylic acids is 1. The lowest BCUT2D eigenvalue weighted by molar-refractivity contribution is -0.137. The van der Waals surface area contributed by atoms with Gasteiger partial charge in [0.1, 0.15) is 11.4 Å². The normalized spacial score (nSPS) is 11.5. The van der Waals surface area contributed by atoms with Crippen LogP contribution < -0.4 is 4.74 Å². The topological polar surface area (TPSA) is 74.8 Å². The number of nitrogens with zero attached hydrogens (tertiary/aromatic N) is 5. The summed E-state index contributed by atoms with van der Waals surface area (Å²) in [5.41, 5.74) is 2.25. The number of hydrogen-bond acceptors (Lipinski definition) is 5. The van der Waals surface area contributed by atoms with E-state index >= 15 is 0 Å². The standard InChI is InChI=1S/C27H20F3N5O2/c1-37-22-13-9-19(10-14-22)25-23(16-35(32-25)21-5-3-2-4-6-21)26(36)24-17-34(33-31-24)15-18-7-11-20(12-8-18)27(28,29)30/h2-14,16-17H,15H2,1H3. The molecule has 0 amide bonds. The average molecular weight is 503 g/mol. The number of para-hydroxylation sites is 1. The quantitative estimate of drug-likeness (QED) is 0.277. The lowest BCUT2D eigenvalue weighted by Gasteiger charge is -2.07. The molecule has 0 aliphatic rings. The predicted molar refractivity (Wildman–Crippen MR) is 130 cm³/mol. The van der Waals surface area contributed by atoms with Crippen molar-refractivity contribution in [2.24, 2.45) is 0 Å². The molecular weight excluding hydrogens is 483 g/mol. The van der Waals surface area contributed by atoms with E-state index in [1.807, 2.05) is 42.5 Å². The molecule has 0 bridgehead atoms. The number of rotatable bonds is 7. The molecule has 186 valence electrons. The van der Waals surface area contributed by atoms with Crippen molar-refractivity contribution in [1.29, 1.82) is 0 Å². The molecule has 0 saturated heterocycles. The fraction of sp³-hybridized carbons (Fsp3) is 0.111. The van der Waals surface area contributed by atoms with Gasteiger partial charge in [-0.15, -0.1) is 5.10 Å². The first-order chi connectivity index (χ1) is 17.8. The lowest BCUT2D eigenvalue weighted by atomic mass is 10.0. The molecule has 5 aromatic rings. The van der Waals surface area contributed by atoms with Crippen molar-refractivity contribution in [3.8, 4) is 22.7 Å². The number of ether oxygens (including phenoxy) is 1. The Morgan fingerprint density at radius 1 is 0.919 bits per heavy atom. The maximum Gasteiger partial charge on any atom is 0.416 e. The van der Waals surface area contributed by atoms with E-state index in [0.29, 0.717) is 22.6 Å². The summed E-state index contributed by atoms with van der Waals surface area (Å²) in [5, 5.41) is 12.7. The minimum absolute atomic E-state index is 0.0919. The molecular formula is C27H20F3N5O2. The van der Waals surface area contributed by atoms with Crippen molar-refractivity contribution in [2.75, 3.05) is 7.11 Å². The third kappa shape index (κ3) is 5.13. The monoisotopic (exact) mass is 503 g/mol. The number of benzene rings is 3. The summed E-state index contributed by atoms with van der Waals surface area (Å²) in [6, 6.07) is 21.3. The highest BCUT2D eigenvalue weighted by molar-refractivity contribution is 6.11. The Morgan fingerprint density at radius 2 is 1.62 bits per heavy atom. The molecule has 0 atom stereocenters. The summed E-state index contributed by atoms with van der Waals surface area (Å²) in [4.78, 5) is 13.5. The summed E-state index contributed by atoms with van der Waals surface area (Å²) in [5.74, 6) is 0.289. The molecule has 37 heavy (non-hydrogen) atoms. The van der Waals surface area contributed by atoms with E-state index in [1.54, 1.807) is 30.1 Å². The summed E-state index contributed by atoms with van der Waals surface area (Å²) in [6.07, 6.45) is -1.29. The summed E-state index contributed by atoms with van der Waals surface area (Å²) < 4.78 is 46.7. The Kier molecular flexibility index (Phi) is 6.31. The Hall–Kier alpha value is -4.73. The molecule has 0 fully saturated rings. The van der Waals surface area contributed by atoms with Crippen LogP contribution in [-0.2, 0) is 12.7 Å². The van der Waals surface area contributed by atoms with E-state index in [0.717, 1.165) is 23.4 Å². The average Bonchev–Trinajstić information content (AvgIpc) is 3.57. The maximum absolute atomic E-state index is 13.5. The van der Waals surface area contributed by atoms with Crippen LogP contribution in [0.4, 0.5) is 13.2 Å². The summed E-state index contributed by atoms with van der Waals surface area (Å²) >= 11 is 0. The van der Waals surface area contributed by atoms with Gasteiger partial charge in [0, 0.05) is 11.8 Å². The van der Waals surface area contributed by atoms with Crippen LogP contribution in [0.1, 0.15) is 27.2 Å². The number of alkyl halides is 3. The van der Waals surface area contributed by atoms with E-state index in [9.17, 15) is 18.0 Å². The van der Waals surface area contributed by atoms with Crippen LogP contribution in [0.3, 0.4) is 0 Å². The number of aromatic nitrogens is 5. The van der Waals surface area contributed by atoms with Crippen LogP contribution in [0.2, 0.25) is 0 Å². The highest BCUT2D eigenvalue weighted by Gasteiger charge is 2.30. The Balaban J connectivity index is 1.45. The molecule has 0 aliphatic carbocycles. The molecule has 0 unspecified atom stereocenters. The molecule has 2 heterocycles. The first kappa shape index (κ1) is 24.0. The zero-order valence-electron chi connectivity index (χ0n) is 19.6. The molecule has 0 radical (unpaired) electrons. The largest absolute Gasteiger partial charge is 0.497 e. The molecule has 0 saturated carbocycles. The van der Waals surface area contributed by atoms with Crippen molar-refractivity contribution in [1.82, 2.24) is 24.8 Å². The van der Waals surface area contributed by atoms with Gasteiger partial charge in [0.25, 0.3) is 0 Å². The van der Waals surface area contributed by atoms with Crippen LogP contribution in [0.25, 0.3) is 16.9 Å². The minimum atomic E-state index is -4.41. The molecule has 5 rings (SSSR count). The fourth-order valence-corrected chi connectivity index (χ4v) is 3.82. The number of halogens is 3. The van der Waals surface area contributed by atoms with Gasteiger partial charge in [0.2, 0.25) is 5.78 Å². The Morgan fingerprint density at radius 3 is 2.27 bits per heavy atom. The van der Waals surface area contributed by atoms with Crippen LogP contribution in [-0.4, -0.2) is 37.7 Å². The van der Waals surface area contributed by atoms with Crippen molar-refractivity contribution < 1.29 is 22.7 Å². The van der Waals surface area contributed by atoms with E-state index in [4.69, 9.17) is 4.74 Å². The molecule has 3 aromatic carbocycles. The fourth-order valence-electron chi connectivity index (χ4n) is 3.82. The van der Waals surface area contributed by atoms with Gasteiger partial charge in [-0.05, 0) is 54.1 Å². The zero-order valence-corrected chi connectivity index (χ0v) is 19.6. The third-order valence-corrected chi connectivity index (χ3v) is 5.74. The second-order valence-electron chi connectivity index (χ2n) is 8.23. The van der Waals surface area contributed by atoms with Crippen LogP contribution in [0.15, 0.2) is 91.3 Å². The summed E-state index contributed by atoms with van der Waals surface area (Å²) in [6.45, 7) is 0.160. The zero-order chi connectivity index (χ0) is 26.0. The van der Waals surface area contributed by atoms with Crippen molar-refractivity contribution in [3.05, 3.63) is 114 Å².